The predicted molar refractivity (Wildman–Crippen MR) is 34.9 cm³/mol. The third-order valence-corrected chi connectivity index (χ3v) is 1.51. The van der Waals surface area contributed by atoms with Gasteiger partial charge in [-0.1, -0.05) is 0 Å². The maximum absolute atomic E-state index is 10.5. The van der Waals surface area contributed by atoms with Crippen LogP contribution in [0, 0.1) is 0 Å². The Morgan fingerprint density at radius 1 is 1.73 bits per heavy atom. The van der Waals surface area contributed by atoms with E-state index >= 15 is 0 Å². The molecule has 1 unspecified atom stereocenters. The summed E-state index contributed by atoms with van der Waals surface area (Å²) in [5.41, 5.74) is -1.78. The van der Waals surface area contributed by atoms with Gasteiger partial charge in [0.2, 0.25) is 11.9 Å². The number of carboxylic acid groups (broad SMARTS) is 1. The summed E-state index contributed by atoms with van der Waals surface area (Å²) >= 11 is 0. The quantitative estimate of drug-likeness (QED) is 0.480. The highest BCUT2D eigenvalue weighted by Gasteiger charge is 2.42. The topological polar surface area (TPSA) is 75.6 Å². The fourth-order valence-electron chi connectivity index (χ4n) is 0.859. The Morgan fingerprint density at radius 2 is 2.45 bits per heavy atom. The second-order valence-corrected chi connectivity index (χ2v) is 2.26. The molecule has 0 spiro atoms. The summed E-state index contributed by atoms with van der Waals surface area (Å²) in [5.74, 6) is -1.29. The smallest absolute Gasteiger partial charge is 0.345 e. The molecule has 1 aliphatic heterocycles. The molecule has 0 aromatic carbocycles. The normalized spacial score (nSPS) is 31.3. The molecule has 11 heavy (non-hydrogen) atoms. The molecule has 0 amide bonds. The molecule has 0 aliphatic carbocycles. The molecule has 0 bridgehead atoms. The van der Waals surface area contributed by atoms with Crippen LogP contribution in [0.1, 0.15) is 0 Å². The van der Waals surface area contributed by atoms with Crippen LogP contribution in [0.15, 0.2) is 0 Å². The summed E-state index contributed by atoms with van der Waals surface area (Å²) in [5, 5.41) is 11.3. The van der Waals surface area contributed by atoms with Gasteiger partial charge in [-0.2, -0.15) is 0 Å². The molecule has 1 atom stereocenters. The number of ether oxygens (including phenoxy) is 1. The van der Waals surface area contributed by atoms with Crippen LogP contribution in [0.25, 0.3) is 0 Å². The van der Waals surface area contributed by atoms with Crippen molar-refractivity contribution in [3.05, 3.63) is 0 Å². The first-order valence-corrected chi connectivity index (χ1v) is 3.19. The average Bonchev–Trinajstić information content (AvgIpc) is 2.05. The SMILES string of the molecule is O=[C]C1(C(=O)O)CNCCO1. The van der Waals surface area contributed by atoms with Gasteiger partial charge in [-0.15, -0.1) is 0 Å². The van der Waals surface area contributed by atoms with Gasteiger partial charge in [0, 0.05) is 13.1 Å². The molecule has 0 aromatic heterocycles. The molecule has 5 heteroatoms. The number of nitrogens with one attached hydrogen (secondary N) is 1. The van der Waals surface area contributed by atoms with E-state index in [1.807, 2.05) is 0 Å². The van der Waals surface area contributed by atoms with E-state index in [0.29, 0.717) is 6.54 Å². The van der Waals surface area contributed by atoms with E-state index in [1.165, 1.54) is 6.29 Å². The molecule has 1 aliphatic rings. The molecule has 0 saturated carbocycles. The van der Waals surface area contributed by atoms with Gasteiger partial charge >= 0.3 is 5.97 Å². The summed E-state index contributed by atoms with van der Waals surface area (Å²) in [4.78, 5) is 20.7. The molecular formula is C6H8NO4. The Labute approximate surface area is 63.3 Å². The summed E-state index contributed by atoms with van der Waals surface area (Å²) in [6.45, 7) is 0.782. The zero-order valence-electron chi connectivity index (χ0n) is 5.79. The average molecular weight is 158 g/mol. The van der Waals surface area contributed by atoms with Crippen molar-refractivity contribution in [3.63, 3.8) is 0 Å². The highest BCUT2D eigenvalue weighted by Crippen LogP contribution is 2.09. The van der Waals surface area contributed by atoms with Crippen LogP contribution in [0.3, 0.4) is 0 Å². The summed E-state index contributed by atoms with van der Waals surface area (Å²) in [6.07, 6.45) is 1.38. The molecule has 1 fully saturated rings. The molecule has 5 nitrogen and oxygen atoms in total. The van der Waals surface area contributed by atoms with Gasteiger partial charge < -0.3 is 15.2 Å². The Balaban J connectivity index is 2.72. The van der Waals surface area contributed by atoms with Crippen molar-refractivity contribution in [2.45, 2.75) is 5.60 Å². The number of hydrogen-bond donors (Lipinski definition) is 2. The van der Waals surface area contributed by atoms with Crippen LogP contribution in [-0.4, -0.2) is 42.7 Å². The van der Waals surface area contributed by atoms with Gasteiger partial charge in [0.25, 0.3) is 0 Å². The minimum absolute atomic E-state index is 0.00810. The first-order chi connectivity index (χ1) is 5.21. The molecule has 61 valence electrons. The molecule has 1 radical (unpaired) electrons. The van der Waals surface area contributed by atoms with Crippen molar-refractivity contribution < 1.29 is 19.4 Å². The molecular weight excluding hydrogens is 150 g/mol. The van der Waals surface area contributed by atoms with Crippen LogP contribution < -0.4 is 5.32 Å². The highest BCUT2D eigenvalue weighted by molar-refractivity contribution is 5.96. The van der Waals surface area contributed by atoms with Gasteiger partial charge in [0.05, 0.1) is 6.61 Å². The lowest BCUT2D eigenvalue weighted by Gasteiger charge is -2.27. The van der Waals surface area contributed by atoms with E-state index in [1.54, 1.807) is 0 Å². The van der Waals surface area contributed by atoms with Crippen molar-refractivity contribution in [3.8, 4) is 0 Å². The molecule has 1 rings (SSSR count). The lowest BCUT2D eigenvalue weighted by atomic mass is 10.1. The van der Waals surface area contributed by atoms with E-state index in [-0.39, 0.29) is 13.2 Å². The van der Waals surface area contributed by atoms with Crippen molar-refractivity contribution in [1.82, 2.24) is 5.32 Å². The predicted octanol–water partition coefficient (Wildman–Crippen LogP) is -1.46. The number of carboxylic acids is 1. The van der Waals surface area contributed by atoms with E-state index in [2.05, 4.69) is 5.32 Å². The largest absolute Gasteiger partial charge is 0.479 e. The maximum Gasteiger partial charge on any atom is 0.345 e. The zero-order chi connectivity index (χ0) is 8.32. The second kappa shape index (κ2) is 2.98. The minimum atomic E-state index is -1.78. The number of aliphatic carboxylic acids is 1. The van der Waals surface area contributed by atoms with Gasteiger partial charge in [0.15, 0.2) is 0 Å². The van der Waals surface area contributed by atoms with E-state index < -0.39 is 11.6 Å². The molecule has 0 aromatic rings. The third kappa shape index (κ3) is 1.38. The van der Waals surface area contributed by atoms with E-state index in [4.69, 9.17) is 9.84 Å². The standard InChI is InChI=1S/C6H8NO4/c8-4-6(5(9)10)3-7-1-2-11-6/h7H,1-3H2,(H,9,10). The summed E-state index contributed by atoms with van der Waals surface area (Å²) in [6, 6.07) is 0. The van der Waals surface area contributed by atoms with Crippen LogP contribution in [0.4, 0.5) is 0 Å². The lowest BCUT2D eigenvalue weighted by molar-refractivity contribution is -0.158. The van der Waals surface area contributed by atoms with Crippen molar-refractivity contribution in [1.29, 1.82) is 0 Å². The lowest BCUT2D eigenvalue weighted by Crippen LogP contribution is -2.56. The molecule has 2 N–H and O–H groups in total. The Morgan fingerprint density at radius 3 is 2.73 bits per heavy atom. The van der Waals surface area contributed by atoms with Crippen LogP contribution in [-0.2, 0) is 14.3 Å². The van der Waals surface area contributed by atoms with Gasteiger partial charge in [-0.25, -0.2) is 4.79 Å². The van der Waals surface area contributed by atoms with Crippen molar-refractivity contribution >= 4 is 12.3 Å². The van der Waals surface area contributed by atoms with Gasteiger partial charge in [-0.3, -0.25) is 4.79 Å². The fraction of sp³-hybridized carbons (Fsp3) is 0.667. The van der Waals surface area contributed by atoms with Gasteiger partial charge in [-0.05, 0) is 0 Å². The van der Waals surface area contributed by atoms with Crippen molar-refractivity contribution in [2.75, 3.05) is 19.7 Å². The monoisotopic (exact) mass is 158 g/mol. The third-order valence-electron chi connectivity index (χ3n) is 1.51. The molecule has 1 heterocycles. The Kier molecular flexibility index (Phi) is 2.21. The van der Waals surface area contributed by atoms with E-state index in [0.717, 1.165) is 0 Å². The fourth-order valence-corrected chi connectivity index (χ4v) is 0.859. The number of carbonyl (C=O) groups excluding carboxylic acids is 1. The Hall–Kier alpha value is -0.940. The molecule has 1 saturated heterocycles. The summed E-state index contributed by atoms with van der Waals surface area (Å²) < 4.78 is 4.79. The highest BCUT2D eigenvalue weighted by atomic mass is 16.5. The number of morpholine rings is 1. The van der Waals surface area contributed by atoms with E-state index in [9.17, 15) is 9.59 Å². The Bertz CT molecular complexity index is 173. The van der Waals surface area contributed by atoms with Crippen LogP contribution in [0.5, 0.6) is 0 Å². The van der Waals surface area contributed by atoms with Crippen molar-refractivity contribution in [2.24, 2.45) is 0 Å². The minimum Gasteiger partial charge on any atom is -0.479 e. The number of hydrogen-bond acceptors (Lipinski definition) is 4. The van der Waals surface area contributed by atoms with Crippen LogP contribution >= 0.6 is 0 Å². The van der Waals surface area contributed by atoms with Gasteiger partial charge in [0.1, 0.15) is 0 Å². The van der Waals surface area contributed by atoms with Crippen LogP contribution in [0.2, 0.25) is 0 Å². The zero-order valence-corrected chi connectivity index (χ0v) is 5.79. The first kappa shape index (κ1) is 8.16. The number of carbonyl (C=O) groups is 1. The second-order valence-electron chi connectivity index (χ2n) is 2.26. The summed E-state index contributed by atoms with van der Waals surface area (Å²) in [7, 11) is 0. The number of rotatable bonds is 2. The first-order valence-electron chi connectivity index (χ1n) is 3.19. The maximum atomic E-state index is 10.5.